The van der Waals surface area contributed by atoms with E-state index >= 15 is 0 Å². The van der Waals surface area contributed by atoms with Crippen LogP contribution in [-0.4, -0.2) is 52.1 Å². The molecule has 38 heavy (non-hydrogen) atoms. The minimum atomic E-state index is -0.904. The molecule has 1 rings (SSSR count). The molecule has 0 bridgehead atoms. The van der Waals surface area contributed by atoms with E-state index in [0.717, 1.165) is 38.5 Å². The second kappa shape index (κ2) is 16.2. The van der Waals surface area contributed by atoms with Gasteiger partial charge in [-0.2, -0.15) is 0 Å². The number of alkyl carbamates (subject to hydrolysis) is 1. The Bertz CT molecular complexity index is 864. The lowest BCUT2D eigenvalue weighted by molar-refractivity contribution is -0.143. The van der Waals surface area contributed by atoms with Crippen LogP contribution in [0, 0.1) is 5.92 Å². The van der Waals surface area contributed by atoms with Gasteiger partial charge in [0.05, 0.1) is 0 Å². The number of nitrogens with one attached hydrogen (secondary N) is 2. The Hall–Kier alpha value is -2.77. The summed E-state index contributed by atoms with van der Waals surface area (Å²) < 4.78 is 5.45. The molecule has 0 spiro atoms. The van der Waals surface area contributed by atoms with Gasteiger partial charge in [-0.05, 0) is 70.6 Å². The molecular formula is C30H51N3O5. The summed E-state index contributed by atoms with van der Waals surface area (Å²) in [6.45, 7) is 15.8. The van der Waals surface area contributed by atoms with Crippen LogP contribution in [0.3, 0.4) is 0 Å². The van der Waals surface area contributed by atoms with E-state index in [-0.39, 0.29) is 29.5 Å². The Balaban J connectivity index is 3.47. The number of phenols is 1. The standard InChI is InChI=1S/C30H51N3O5/c1-9-11-12-13-19-33(28(36)25(20-21(3)4)32-29(37)38-30(6,7)8)26(23-15-17-24(34)18-16-23)27(35)31-22(5)14-10-2/h15-18,21-22,25-26,34H,9-14,19-20H2,1-8H3,(H,31,35)(H,32,37). The molecule has 8 nitrogen and oxygen atoms in total. The minimum absolute atomic E-state index is 0.0597. The van der Waals surface area contributed by atoms with E-state index in [0.29, 0.717) is 18.5 Å². The van der Waals surface area contributed by atoms with Crippen LogP contribution < -0.4 is 10.6 Å². The van der Waals surface area contributed by atoms with Gasteiger partial charge in [0.15, 0.2) is 0 Å². The van der Waals surface area contributed by atoms with Gasteiger partial charge in [-0.15, -0.1) is 0 Å². The Morgan fingerprint density at radius 1 is 0.947 bits per heavy atom. The molecule has 0 aliphatic heterocycles. The first-order valence-electron chi connectivity index (χ1n) is 14.2. The van der Waals surface area contributed by atoms with Gasteiger partial charge >= 0.3 is 6.09 Å². The SMILES string of the molecule is CCCCCCN(C(=O)C(CC(C)C)NC(=O)OC(C)(C)C)C(C(=O)NC(C)CCC)c1ccc(O)cc1. The smallest absolute Gasteiger partial charge is 0.408 e. The molecule has 0 aliphatic rings. The number of carbonyl (C=O) groups is 3. The largest absolute Gasteiger partial charge is 0.508 e. The molecule has 0 saturated carbocycles. The number of benzene rings is 1. The van der Waals surface area contributed by atoms with Crippen molar-refractivity contribution in [2.75, 3.05) is 6.54 Å². The van der Waals surface area contributed by atoms with E-state index in [9.17, 15) is 19.5 Å². The van der Waals surface area contributed by atoms with Gasteiger partial charge in [-0.3, -0.25) is 9.59 Å². The highest BCUT2D eigenvalue weighted by molar-refractivity contribution is 5.92. The van der Waals surface area contributed by atoms with E-state index in [1.807, 2.05) is 20.8 Å². The zero-order valence-electron chi connectivity index (χ0n) is 24.8. The average Bonchev–Trinajstić information content (AvgIpc) is 2.79. The molecule has 3 unspecified atom stereocenters. The number of carbonyl (C=O) groups excluding carboxylic acids is 3. The van der Waals surface area contributed by atoms with Gasteiger partial charge in [0.2, 0.25) is 11.8 Å². The first-order valence-corrected chi connectivity index (χ1v) is 14.2. The van der Waals surface area contributed by atoms with Gasteiger partial charge in [0.25, 0.3) is 0 Å². The highest BCUT2D eigenvalue weighted by Gasteiger charge is 2.36. The Morgan fingerprint density at radius 3 is 2.11 bits per heavy atom. The van der Waals surface area contributed by atoms with Crippen LogP contribution in [0.4, 0.5) is 4.79 Å². The Labute approximate surface area is 229 Å². The summed E-state index contributed by atoms with van der Waals surface area (Å²) in [7, 11) is 0. The van der Waals surface area contributed by atoms with Crippen molar-refractivity contribution in [2.45, 2.75) is 124 Å². The van der Waals surface area contributed by atoms with Crippen LogP contribution in [0.5, 0.6) is 5.75 Å². The van der Waals surface area contributed by atoms with Crippen molar-refractivity contribution in [3.8, 4) is 5.75 Å². The van der Waals surface area contributed by atoms with Crippen LogP contribution in [0.25, 0.3) is 0 Å². The molecule has 0 aliphatic carbocycles. The van der Waals surface area contributed by atoms with Crippen LogP contribution in [-0.2, 0) is 14.3 Å². The lowest BCUT2D eigenvalue weighted by Crippen LogP contribution is -2.54. The molecule has 0 saturated heterocycles. The predicted octanol–water partition coefficient (Wildman–Crippen LogP) is 6.09. The average molecular weight is 534 g/mol. The molecule has 3 atom stereocenters. The monoisotopic (exact) mass is 533 g/mol. The summed E-state index contributed by atoms with van der Waals surface area (Å²) in [5.74, 6) is -0.401. The van der Waals surface area contributed by atoms with Gasteiger partial charge < -0.3 is 25.4 Å². The quantitative estimate of drug-likeness (QED) is 0.237. The topological polar surface area (TPSA) is 108 Å². The third kappa shape index (κ3) is 12.2. The Kier molecular flexibility index (Phi) is 14.2. The number of ether oxygens (including phenoxy) is 1. The van der Waals surface area contributed by atoms with Crippen molar-refractivity contribution in [1.82, 2.24) is 15.5 Å². The lowest BCUT2D eigenvalue weighted by atomic mass is 9.98. The van der Waals surface area contributed by atoms with E-state index in [4.69, 9.17) is 4.74 Å². The van der Waals surface area contributed by atoms with Crippen molar-refractivity contribution in [1.29, 1.82) is 0 Å². The lowest BCUT2D eigenvalue weighted by Gasteiger charge is -2.35. The summed E-state index contributed by atoms with van der Waals surface area (Å²) in [4.78, 5) is 42.2. The molecule has 216 valence electrons. The predicted molar refractivity (Wildman–Crippen MR) is 152 cm³/mol. The van der Waals surface area contributed by atoms with Crippen molar-refractivity contribution in [3.63, 3.8) is 0 Å². The first-order chi connectivity index (χ1) is 17.8. The number of unbranched alkanes of at least 4 members (excludes halogenated alkanes) is 3. The molecular weight excluding hydrogens is 482 g/mol. The van der Waals surface area contributed by atoms with E-state index in [1.165, 1.54) is 12.1 Å². The summed E-state index contributed by atoms with van der Waals surface area (Å²) in [5, 5.41) is 15.7. The molecule has 0 fully saturated rings. The minimum Gasteiger partial charge on any atom is -0.508 e. The number of aromatic hydroxyl groups is 1. The number of phenolic OH excluding ortho intramolecular Hbond substituents is 1. The van der Waals surface area contributed by atoms with Crippen LogP contribution in [0.1, 0.15) is 112 Å². The molecule has 1 aromatic rings. The third-order valence-corrected chi connectivity index (χ3v) is 6.11. The number of rotatable bonds is 15. The van der Waals surface area contributed by atoms with Crippen molar-refractivity contribution in [2.24, 2.45) is 5.92 Å². The second-order valence-corrected chi connectivity index (χ2v) is 11.6. The van der Waals surface area contributed by atoms with Gasteiger partial charge in [0, 0.05) is 12.6 Å². The van der Waals surface area contributed by atoms with Gasteiger partial charge in [-0.1, -0.05) is 65.5 Å². The Morgan fingerprint density at radius 2 is 1.58 bits per heavy atom. The van der Waals surface area contributed by atoms with Crippen molar-refractivity contribution in [3.05, 3.63) is 29.8 Å². The highest BCUT2D eigenvalue weighted by atomic mass is 16.6. The van der Waals surface area contributed by atoms with Gasteiger partial charge in [-0.25, -0.2) is 4.79 Å². The van der Waals surface area contributed by atoms with E-state index in [1.54, 1.807) is 37.8 Å². The molecule has 0 heterocycles. The zero-order valence-corrected chi connectivity index (χ0v) is 24.8. The summed E-state index contributed by atoms with van der Waals surface area (Å²) in [5.41, 5.74) is -0.104. The van der Waals surface area contributed by atoms with E-state index < -0.39 is 23.8 Å². The number of amides is 3. The summed E-state index contributed by atoms with van der Waals surface area (Å²) >= 11 is 0. The molecule has 3 N–H and O–H groups in total. The van der Waals surface area contributed by atoms with Gasteiger partial charge in [0.1, 0.15) is 23.4 Å². The highest BCUT2D eigenvalue weighted by Crippen LogP contribution is 2.26. The maximum atomic E-state index is 14.2. The number of hydrogen-bond acceptors (Lipinski definition) is 5. The summed E-state index contributed by atoms with van der Waals surface area (Å²) in [6.07, 6.45) is 5.19. The van der Waals surface area contributed by atoms with E-state index in [2.05, 4.69) is 24.5 Å². The van der Waals surface area contributed by atoms with Crippen molar-refractivity contribution < 1.29 is 24.2 Å². The van der Waals surface area contributed by atoms with Crippen LogP contribution in [0.2, 0.25) is 0 Å². The fourth-order valence-electron chi connectivity index (χ4n) is 4.37. The number of hydrogen-bond donors (Lipinski definition) is 3. The third-order valence-electron chi connectivity index (χ3n) is 6.11. The maximum absolute atomic E-state index is 14.2. The fourth-order valence-corrected chi connectivity index (χ4v) is 4.37. The zero-order chi connectivity index (χ0) is 28.9. The van der Waals surface area contributed by atoms with Crippen molar-refractivity contribution >= 4 is 17.9 Å². The second-order valence-electron chi connectivity index (χ2n) is 11.6. The first kappa shape index (κ1) is 33.3. The van der Waals surface area contributed by atoms with Crippen LogP contribution in [0.15, 0.2) is 24.3 Å². The fraction of sp³-hybridized carbons (Fsp3) is 0.700. The molecule has 8 heteroatoms. The summed E-state index contributed by atoms with van der Waals surface area (Å²) in [6, 6.07) is 4.58. The number of nitrogens with zero attached hydrogens (tertiary/aromatic N) is 1. The normalized spacial score (nSPS) is 13.9. The molecule has 1 aromatic carbocycles. The molecule has 3 amide bonds. The maximum Gasteiger partial charge on any atom is 0.408 e. The molecule has 0 aromatic heterocycles. The van der Waals surface area contributed by atoms with Crippen LogP contribution >= 0.6 is 0 Å². The molecule has 0 radical (unpaired) electrons.